The van der Waals surface area contributed by atoms with Crippen LogP contribution in [-0.2, 0) is 0 Å². The molecular formula is C19H25N3O3. The van der Waals surface area contributed by atoms with Crippen LogP contribution in [0.4, 0.5) is 0 Å². The average molecular weight is 343 g/mol. The molecule has 3 rings (SSSR count). The van der Waals surface area contributed by atoms with Gasteiger partial charge in [0.25, 0.3) is 11.5 Å². The van der Waals surface area contributed by atoms with E-state index in [0.29, 0.717) is 11.6 Å². The first-order chi connectivity index (χ1) is 11.7. The molecule has 6 nitrogen and oxygen atoms in total. The molecule has 6 heteroatoms. The fourth-order valence-electron chi connectivity index (χ4n) is 4.14. The van der Waals surface area contributed by atoms with Gasteiger partial charge in [-0.1, -0.05) is 20.8 Å². The number of aromatic hydroxyl groups is 1. The number of aryl methyl sites for hydroxylation is 1. The molecule has 0 aliphatic heterocycles. The Bertz CT molecular complexity index is 885. The Morgan fingerprint density at radius 3 is 2.80 bits per heavy atom. The zero-order chi connectivity index (χ0) is 18.4. The molecule has 0 saturated heterocycles. The summed E-state index contributed by atoms with van der Waals surface area (Å²) in [5.74, 6) is -0.572. The third-order valence-electron chi connectivity index (χ3n) is 4.92. The van der Waals surface area contributed by atoms with Crippen LogP contribution < -0.4 is 10.9 Å². The number of aromatic nitrogens is 2. The highest BCUT2D eigenvalue weighted by Gasteiger charge is 2.33. The maximum Gasteiger partial charge on any atom is 0.274 e. The summed E-state index contributed by atoms with van der Waals surface area (Å²) in [6.45, 7) is 8.42. The number of fused-ring (bicyclic) bond motifs is 1. The summed E-state index contributed by atoms with van der Waals surface area (Å²) in [7, 11) is 0. The molecule has 1 aliphatic carbocycles. The van der Waals surface area contributed by atoms with Crippen molar-refractivity contribution >= 4 is 11.6 Å². The van der Waals surface area contributed by atoms with Gasteiger partial charge < -0.3 is 10.4 Å². The third-order valence-corrected chi connectivity index (χ3v) is 4.92. The van der Waals surface area contributed by atoms with Crippen LogP contribution in [0.15, 0.2) is 23.1 Å². The second kappa shape index (κ2) is 6.17. The van der Waals surface area contributed by atoms with Crippen LogP contribution in [0, 0.1) is 18.3 Å². The van der Waals surface area contributed by atoms with Gasteiger partial charge in [-0.3, -0.25) is 14.0 Å². The molecule has 2 aromatic rings. The van der Waals surface area contributed by atoms with Crippen LogP contribution in [0.2, 0.25) is 0 Å². The second-order valence-electron chi connectivity index (χ2n) is 8.13. The quantitative estimate of drug-likeness (QED) is 0.878. The average Bonchev–Trinajstić information content (AvgIpc) is 2.44. The first kappa shape index (κ1) is 17.5. The van der Waals surface area contributed by atoms with E-state index in [2.05, 4.69) is 31.1 Å². The molecule has 0 unspecified atom stereocenters. The van der Waals surface area contributed by atoms with Crippen molar-refractivity contribution in [2.45, 2.75) is 53.0 Å². The van der Waals surface area contributed by atoms with Crippen LogP contribution in [0.3, 0.4) is 0 Å². The molecule has 134 valence electrons. The predicted molar refractivity (Wildman–Crippen MR) is 95.9 cm³/mol. The third kappa shape index (κ3) is 3.52. The fraction of sp³-hybridized carbons (Fsp3) is 0.526. The van der Waals surface area contributed by atoms with Gasteiger partial charge in [0.15, 0.2) is 5.56 Å². The van der Waals surface area contributed by atoms with Gasteiger partial charge in [-0.05, 0) is 55.2 Å². The molecular weight excluding hydrogens is 318 g/mol. The summed E-state index contributed by atoms with van der Waals surface area (Å²) in [6, 6.07) is 3.44. The van der Waals surface area contributed by atoms with Gasteiger partial charge in [0.1, 0.15) is 5.65 Å². The lowest BCUT2D eigenvalue weighted by atomic mass is 9.70. The number of pyridine rings is 1. The predicted octanol–water partition coefficient (Wildman–Crippen LogP) is 2.65. The minimum Gasteiger partial charge on any atom is -0.493 e. The van der Waals surface area contributed by atoms with E-state index >= 15 is 0 Å². The molecule has 0 spiro atoms. The number of rotatable bonds is 2. The number of hydrogen-bond donors (Lipinski definition) is 2. The highest BCUT2D eigenvalue weighted by molar-refractivity contribution is 5.96. The maximum atomic E-state index is 12.7. The Labute approximate surface area is 146 Å². The largest absolute Gasteiger partial charge is 0.493 e. The lowest BCUT2D eigenvalue weighted by Gasteiger charge is -2.39. The molecule has 0 aromatic carbocycles. The van der Waals surface area contributed by atoms with Crippen molar-refractivity contribution < 1.29 is 9.90 Å². The molecule has 1 aliphatic rings. The van der Waals surface area contributed by atoms with Gasteiger partial charge in [0.2, 0.25) is 5.88 Å². The van der Waals surface area contributed by atoms with Gasteiger partial charge in [0, 0.05) is 12.2 Å². The number of nitrogens with zero attached hydrogens (tertiary/aromatic N) is 2. The number of amides is 1. The maximum absolute atomic E-state index is 12.7. The molecule has 0 bridgehead atoms. The summed E-state index contributed by atoms with van der Waals surface area (Å²) >= 11 is 0. The molecule has 2 heterocycles. The molecule has 2 aromatic heterocycles. The van der Waals surface area contributed by atoms with E-state index in [0.717, 1.165) is 24.8 Å². The first-order valence-electron chi connectivity index (χ1n) is 8.69. The van der Waals surface area contributed by atoms with E-state index in [1.165, 1.54) is 4.40 Å². The summed E-state index contributed by atoms with van der Waals surface area (Å²) in [4.78, 5) is 29.3. The van der Waals surface area contributed by atoms with Crippen molar-refractivity contribution in [1.82, 2.24) is 14.7 Å². The number of carbonyl (C=O) groups is 1. The molecule has 2 N–H and O–H groups in total. The molecule has 1 fully saturated rings. The number of hydrogen-bond acceptors (Lipinski definition) is 4. The van der Waals surface area contributed by atoms with Crippen molar-refractivity contribution in [2.75, 3.05) is 0 Å². The summed E-state index contributed by atoms with van der Waals surface area (Å²) < 4.78 is 1.29. The Balaban J connectivity index is 1.92. The Morgan fingerprint density at radius 2 is 2.12 bits per heavy atom. The van der Waals surface area contributed by atoms with Crippen LogP contribution in [0.25, 0.3) is 5.65 Å². The standard InChI is InChI=1S/C19H25N3O3/c1-11-5-6-22-14(8-11)21-17(24)15(18(22)25)16(23)20-13-7-12(2)9-19(3,4)10-13/h5-6,8,12-13,24H,7,9-10H2,1-4H3,(H,20,23)/t12-,13+/m0/s1. The van der Waals surface area contributed by atoms with Crippen LogP contribution >= 0.6 is 0 Å². The normalized spacial score (nSPS) is 22.7. The molecule has 2 atom stereocenters. The smallest absolute Gasteiger partial charge is 0.274 e. The number of carbonyl (C=O) groups excluding carboxylic acids is 1. The summed E-state index contributed by atoms with van der Waals surface area (Å²) in [6.07, 6.45) is 4.41. The van der Waals surface area contributed by atoms with E-state index < -0.39 is 17.3 Å². The van der Waals surface area contributed by atoms with Crippen molar-refractivity contribution in [3.8, 4) is 5.88 Å². The van der Waals surface area contributed by atoms with Crippen molar-refractivity contribution in [3.05, 3.63) is 39.8 Å². The molecule has 1 saturated carbocycles. The van der Waals surface area contributed by atoms with Crippen LogP contribution in [0.1, 0.15) is 56.0 Å². The van der Waals surface area contributed by atoms with Crippen LogP contribution in [0.5, 0.6) is 5.88 Å². The topological polar surface area (TPSA) is 83.7 Å². The SMILES string of the molecule is Cc1ccn2c(=O)c(C(=O)N[C@@H]3C[C@H](C)CC(C)(C)C3)c(O)nc2c1. The van der Waals surface area contributed by atoms with Crippen LogP contribution in [-0.4, -0.2) is 26.4 Å². The lowest BCUT2D eigenvalue weighted by molar-refractivity contribution is 0.0869. The van der Waals surface area contributed by atoms with Gasteiger partial charge in [-0.25, -0.2) is 0 Å². The zero-order valence-corrected chi connectivity index (χ0v) is 15.2. The molecule has 25 heavy (non-hydrogen) atoms. The Kier molecular flexibility index (Phi) is 4.31. The van der Waals surface area contributed by atoms with E-state index in [1.54, 1.807) is 18.3 Å². The van der Waals surface area contributed by atoms with E-state index in [1.807, 2.05) is 6.92 Å². The minimum atomic E-state index is -0.556. The summed E-state index contributed by atoms with van der Waals surface area (Å²) in [5, 5.41) is 13.1. The van der Waals surface area contributed by atoms with E-state index in [-0.39, 0.29) is 17.0 Å². The zero-order valence-electron chi connectivity index (χ0n) is 15.2. The monoisotopic (exact) mass is 343 g/mol. The highest BCUT2D eigenvalue weighted by Crippen LogP contribution is 2.38. The Morgan fingerprint density at radius 1 is 1.40 bits per heavy atom. The van der Waals surface area contributed by atoms with E-state index in [9.17, 15) is 14.7 Å². The Hall–Kier alpha value is -2.37. The molecule has 1 amide bonds. The lowest BCUT2D eigenvalue weighted by Crippen LogP contribution is -2.44. The summed E-state index contributed by atoms with van der Waals surface area (Å²) in [5.41, 5.74) is 0.542. The van der Waals surface area contributed by atoms with Gasteiger partial charge in [-0.15, -0.1) is 0 Å². The van der Waals surface area contributed by atoms with E-state index in [4.69, 9.17) is 0 Å². The number of nitrogens with one attached hydrogen (secondary N) is 1. The first-order valence-corrected chi connectivity index (χ1v) is 8.69. The minimum absolute atomic E-state index is 0.0104. The van der Waals surface area contributed by atoms with Gasteiger partial charge in [-0.2, -0.15) is 4.98 Å². The molecule has 0 radical (unpaired) electrons. The van der Waals surface area contributed by atoms with Crippen molar-refractivity contribution in [2.24, 2.45) is 11.3 Å². The van der Waals surface area contributed by atoms with Gasteiger partial charge in [0.05, 0.1) is 0 Å². The van der Waals surface area contributed by atoms with Crippen molar-refractivity contribution in [3.63, 3.8) is 0 Å². The second-order valence-corrected chi connectivity index (χ2v) is 8.13. The highest BCUT2D eigenvalue weighted by atomic mass is 16.3. The fourth-order valence-corrected chi connectivity index (χ4v) is 4.14. The van der Waals surface area contributed by atoms with Crippen molar-refractivity contribution in [1.29, 1.82) is 0 Å². The van der Waals surface area contributed by atoms with Gasteiger partial charge >= 0.3 is 0 Å².